The van der Waals surface area contributed by atoms with E-state index < -0.39 is 10.0 Å². The van der Waals surface area contributed by atoms with Crippen molar-refractivity contribution < 1.29 is 8.42 Å². The summed E-state index contributed by atoms with van der Waals surface area (Å²) in [6.07, 6.45) is 6.24. The topological polar surface area (TPSA) is 67.2 Å². The number of hydrogen-bond donors (Lipinski definition) is 1. The molecular formula is C14H26N4O2S. The van der Waals surface area contributed by atoms with Crippen molar-refractivity contribution in [3.8, 4) is 0 Å². The van der Waals surface area contributed by atoms with Crippen LogP contribution in [-0.4, -0.2) is 48.7 Å². The standard InChI is InChI=1S/C14H26N4O2S/c1-3-8-18(11-13-5-6-13)21(19,20)14-10-16-17(12-14)9-7-15-4-2/h10,12-13,15H,3-9,11H2,1-2H3. The molecule has 21 heavy (non-hydrogen) atoms. The number of rotatable bonds is 10. The maximum Gasteiger partial charge on any atom is 0.246 e. The van der Waals surface area contributed by atoms with Crippen molar-refractivity contribution in [2.75, 3.05) is 26.2 Å². The summed E-state index contributed by atoms with van der Waals surface area (Å²) in [5, 5.41) is 7.36. The second-order valence-corrected chi connectivity index (χ2v) is 7.54. The van der Waals surface area contributed by atoms with Crippen molar-refractivity contribution >= 4 is 10.0 Å². The van der Waals surface area contributed by atoms with Gasteiger partial charge in [0, 0.05) is 25.8 Å². The Bertz CT molecular complexity index is 537. The molecule has 0 unspecified atom stereocenters. The minimum atomic E-state index is -3.40. The first-order valence-corrected chi connectivity index (χ1v) is 9.25. The molecule has 1 saturated carbocycles. The number of nitrogens with one attached hydrogen (secondary N) is 1. The van der Waals surface area contributed by atoms with Crippen LogP contribution >= 0.6 is 0 Å². The maximum atomic E-state index is 12.7. The van der Waals surface area contributed by atoms with E-state index in [2.05, 4.69) is 10.4 Å². The van der Waals surface area contributed by atoms with Gasteiger partial charge in [0.1, 0.15) is 4.90 Å². The molecule has 1 fully saturated rings. The number of hydrogen-bond acceptors (Lipinski definition) is 4. The molecule has 1 heterocycles. The monoisotopic (exact) mass is 314 g/mol. The number of sulfonamides is 1. The van der Waals surface area contributed by atoms with Crippen molar-refractivity contribution in [2.24, 2.45) is 5.92 Å². The molecule has 1 aliphatic carbocycles. The molecule has 0 saturated heterocycles. The summed E-state index contributed by atoms with van der Waals surface area (Å²) in [7, 11) is -3.40. The highest BCUT2D eigenvalue weighted by Crippen LogP contribution is 2.31. The summed E-state index contributed by atoms with van der Waals surface area (Å²) < 4.78 is 28.7. The highest BCUT2D eigenvalue weighted by atomic mass is 32.2. The van der Waals surface area contributed by atoms with E-state index in [0.29, 0.717) is 30.4 Å². The van der Waals surface area contributed by atoms with Gasteiger partial charge in [-0.3, -0.25) is 4.68 Å². The van der Waals surface area contributed by atoms with Crippen LogP contribution < -0.4 is 5.32 Å². The first-order chi connectivity index (χ1) is 10.1. The van der Waals surface area contributed by atoms with E-state index >= 15 is 0 Å². The van der Waals surface area contributed by atoms with Crippen LogP contribution in [0.4, 0.5) is 0 Å². The predicted octanol–water partition coefficient (Wildman–Crippen LogP) is 1.30. The fraction of sp³-hybridized carbons (Fsp3) is 0.786. The lowest BCUT2D eigenvalue weighted by Crippen LogP contribution is -2.33. The van der Waals surface area contributed by atoms with Crippen LogP contribution in [0.15, 0.2) is 17.3 Å². The molecule has 7 heteroatoms. The van der Waals surface area contributed by atoms with Crippen LogP contribution in [0.3, 0.4) is 0 Å². The number of nitrogens with zero attached hydrogens (tertiary/aromatic N) is 3. The van der Waals surface area contributed by atoms with Crippen LogP contribution in [0.2, 0.25) is 0 Å². The molecule has 0 amide bonds. The summed E-state index contributed by atoms with van der Waals surface area (Å²) in [5.74, 6) is 0.551. The van der Waals surface area contributed by atoms with E-state index in [1.807, 2.05) is 13.8 Å². The number of likely N-dealkylation sites (N-methyl/N-ethyl adjacent to an activating group) is 1. The smallest absolute Gasteiger partial charge is 0.246 e. The van der Waals surface area contributed by atoms with Gasteiger partial charge < -0.3 is 5.32 Å². The summed E-state index contributed by atoms with van der Waals surface area (Å²) in [6, 6.07) is 0. The highest BCUT2D eigenvalue weighted by Gasteiger charge is 2.31. The molecule has 1 aromatic rings. The number of aromatic nitrogens is 2. The van der Waals surface area contributed by atoms with E-state index in [4.69, 9.17) is 0 Å². The fourth-order valence-corrected chi connectivity index (χ4v) is 3.83. The zero-order chi connectivity index (χ0) is 15.3. The van der Waals surface area contributed by atoms with Crippen LogP contribution in [0.5, 0.6) is 0 Å². The highest BCUT2D eigenvalue weighted by molar-refractivity contribution is 7.89. The molecule has 0 bridgehead atoms. The van der Waals surface area contributed by atoms with E-state index in [9.17, 15) is 8.42 Å². The van der Waals surface area contributed by atoms with E-state index in [0.717, 1.165) is 32.4 Å². The molecule has 0 aromatic carbocycles. The first kappa shape index (κ1) is 16.5. The molecule has 120 valence electrons. The molecule has 2 rings (SSSR count). The first-order valence-electron chi connectivity index (χ1n) is 7.81. The van der Waals surface area contributed by atoms with E-state index in [-0.39, 0.29) is 0 Å². The van der Waals surface area contributed by atoms with Crippen LogP contribution in [0, 0.1) is 5.92 Å². The lowest BCUT2D eigenvalue weighted by Gasteiger charge is -2.20. The Morgan fingerprint density at radius 3 is 2.81 bits per heavy atom. The molecule has 0 radical (unpaired) electrons. The average Bonchev–Trinajstić information content (AvgIpc) is 3.14. The quantitative estimate of drug-likeness (QED) is 0.661. The Morgan fingerprint density at radius 1 is 1.43 bits per heavy atom. The van der Waals surface area contributed by atoms with Crippen molar-refractivity contribution in [3.63, 3.8) is 0 Å². The second-order valence-electron chi connectivity index (χ2n) is 5.60. The second kappa shape index (κ2) is 7.38. The third-order valence-corrected chi connectivity index (χ3v) is 5.46. The van der Waals surface area contributed by atoms with Gasteiger partial charge in [0.25, 0.3) is 0 Å². The molecule has 6 nitrogen and oxygen atoms in total. The zero-order valence-corrected chi connectivity index (χ0v) is 13.8. The summed E-state index contributed by atoms with van der Waals surface area (Å²) in [6.45, 7) is 7.66. The SMILES string of the molecule is CCCN(CC1CC1)S(=O)(=O)c1cnn(CCNCC)c1. The Hall–Kier alpha value is -0.920. The van der Waals surface area contributed by atoms with Gasteiger partial charge >= 0.3 is 0 Å². The third kappa shape index (κ3) is 4.52. The minimum Gasteiger partial charge on any atom is -0.315 e. The normalized spacial score (nSPS) is 15.8. The van der Waals surface area contributed by atoms with Crippen molar-refractivity contribution in [2.45, 2.75) is 44.6 Å². The maximum absolute atomic E-state index is 12.7. The van der Waals surface area contributed by atoms with Gasteiger partial charge in [0.2, 0.25) is 10.0 Å². The van der Waals surface area contributed by atoms with Gasteiger partial charge in [0.15, 0.2) is 0 Å². The lowest BCUT2D eigenvalue weighted by atomic mass is 10.4. The third-order valence-electron chi connectivity index (χ3n) is 3.65. The fourth-order valence-electron chi connectivity index (χ4n) is 2.27. The minimum absolute atomic E-state index is 0.313. The van der Waals surface area contributed by atoms with E-state index in [1.54, 1.807) is 15.2 Å². The summed E-state index contributed by atoms with van der Waals surface area (Å²) in [4.78, 5) is 0.313. The summed E-state index contributed by atoms with van der Waals surface area (Å²) >= 11 is 0. The average molecular weight is 314 g/mol. The van der Waals surface area contributed by atoms with Gasteiger partial charge in [0.05, 0.1) is 12.7 Å². The van der Waals surface area contributed by atoms with Crippen molar-refractivity contribution in [3.05, 3.63) is 12.4 Å². The molecule has 1 N–H and O–H groups in total. The Kier molecular flexibility index (Phi) is 5.78. The van der Waals surface area contributed by atoms with Crippen LogP contribution in [0.1, 0.15) is 33.1 Å². The lowest BCUT2D eigenvalue weighted by molar-refractivity contribution is 0.395. The van der Waals surface area contributed by atoms with Crippen LogP contribution in [-0.2, 0) is 16.6 Å². The molecule has 0 spiro atoms. The Balaban J connectivity index is 2.05. The summed E-state index contributed by atoms with van der Waals surface area (Å²) in [5.41, 5.74) is 0. The molecule has 1 aromatic heterocycles. The van der Waals surface area contributed by atoms with Crippen molar-refractivity contribution in [1.82, 2.24) is 19.4 Å². The zero-order valence-electron chi connectivity index (χ0n) is 13.0. The molecule has 0 aliphatic heterocycles. The molecular weight excluding hydrogens is 288 g/mol. The van der Waals surface area contributed by atoms with Crippen LogP contribution in [0.25, 0.3) is 0 Å². The van der Waals surface area contributed by atoms with Crippen molar-refractivity contribution in [1.29, 1.82) is 0 Å². The van der Waals surface area contributed by atoms with Gasteiger partial charge in [-0.15, -0.1) is 0 Å². The van der Waals surface area contributed by atoms with Gasteiger partial charge in [-0.25, -0.2) is 8.42 Å². The molecule has 1 aliphatic rings. The van der Waals surface area contributed by atoms with Gasteiger partial charge in [-0.1, -0.05) is 13.8 Å². The van der Waals surface area contributed by atoms with Gasteiger partial charge in [-0.05, 0) is 31.7 Å². The largest absolute Gasteiger partial charge is 0.315 e. The van der Waals surface area contributed by atoms with Gasteiger partial charge in [-0.2, -0.15) is 9.40 Å². The Morgan fingerprint density at radius 2 is 2.19 bits per heavy atom. The van der Waals surface area contributed by atoms with E-state index in [1.165, 1.54) is 6.20 Å². The Labute approximate surface area is 127 Å². The molecule has 0 atom stereocenters. The predicted molar refractivity (Wildman–Crippen MR) is 82.5 cm³/mol.